The number of aryl methyl sites for hydroxylation is 1. The molecule has 0 saturated heterocycles. The lowest BCUT2D eigenvalue weighted by molar-refractivity contribution is 0.475. The van der Waals surface area contributed by atoms with E-state index in [-0.39, 0.29) is 0 Å². The van der Waals surface area contributed by atoms with E-state index in [0.29, 0.717) is 5.75 Å². The van der Waals surface area contributed by atoms with Crippen LogP contribution in [0.5, 0.6) is 5.75 Å². The maximum atomic E-state index is 9.64. The first-order valence-electron chi connectivity index (χ1n) is 6.02. The van der Waals surface area contributed by atoms with Crippen molar-refractivity contribution in [2.24, 2.45) is 0 Å². The van der Waals surface area contributed by atoms with E-state index >= 15 is 0 Å². The normalized spacial score (nSPS) is 14.5. The molecule has 90 valence electrons. The molecule has 1 aliphatic rings. The fraction of sp³-hybridized carbons (Fsp3) is 0.125. The first kappa shape index (κ1) is 11.8. The van der Waals surface area contributed by atoms with Gasteiger partial charge in [-0.1, -0.05) is 36.4 Å². The SMILES string of the molecule is Oc1ccc2c(c1)C(I)=C(c1ccccc1)CC2. The minimum Gasteiger partial charge on any atom is -0.508 e. The third-order valence-electron chi connectivity index (χ3n) is 3.36. The van der Waals surface area contributed by atoms with Crippen LogP contribution in [0.2, 0.25) is 0 Å². The maximum absolute atomic E-state index is 9.64. The van der Waals surface area contributed by atoms with E-state index < -0.39 is 0 Å². The molecule has 0 bridgehead atoms. The summed E-state index contributed by atoms with van der Waals surface area (Å²) in [4.78, 5) is 0. The molecule has 0 radical (unpaired) electrons. The Labute approximate surface area is 120 Å². The lowest BCUT2D eigenvalue weighted by Gasteiger charge is -2.20. The molecule has 2 heteroatoms. The van der Waals surface area contributed by atoms with E-state index in [2.05, 4.69) is 46.9 Å². The predicted molar refractivity (Wildman–Crippen MR) is 83.7 cm³/mol. The molecule has 0 unspecified atom stereocenters. The number of phenolic OH excluding ortho intramolecular Hbond substituents is 1. The summed E-state index contributed by atoms with van der Waals surface area (Å²) in [6.45, 7) is 0. The molecule has 0 saturated carbocycles. The van der Waals surface area contributed by atoms with Crippen LogP contribution in [0.25, 0.3) is 9.15 Å². The Bertz CT molecular complexity index is 614. The predicted octanol–water partition coefficient (Wildman–Crippen LogP) is 4.64. The lowest BCUT2D eigenvalue weighted by atomic mass is 9.88. The quantitative estimate of drug-likeness (QED) is 0.745. The van der Waals surface area contributed by atoms with Gasteiger partial charge in [-0.2, -0.15) is 0 Å². The Kier molecular flexibility index (Phi) is 3.12. The van der Waals surface area contributed by atoms with Gasteiger partial charge in [-0.25, -0.2) is 0 Å². The second-order valence-corrected chi connectivity index (χ2v) is 5.58. The van der Waals surface area contributed by atoms with Crippen molar-refractivity contribution in [3.63, 3.8) is 0 Å². The summed E-state index contributed by atoms with van der Waals surface area (Å²) in [7, 11) is 0. The highest BCUT2D eigenvalue weighted by atomic mass is 127. The van der Waals surface area contributed by atoms with E-state index in [4.69, 9.17) is 0 Å². The number of hydrogen-bond acceptors (Lipinski definition) is 1. The third-order valence-corrected chi connectivity index (χ3v) is 4.59. The van der Waals surface area contributed by atoms with E-state index in [1.165, 1.54) is 25.8 Å². The fourth-order valence-electron chi connectivity index (χ4n) is 2.43. The summed E-state index contributed by atoms with van der Waals surface area (Å²) in [6, 6.07) is 16.2. The van der Waals surface area contributed by atoms with Crippen molar-refractivity contribution in [2.75, 3.05) is 0 Å². The van der Waals surface area contributed by atoms with Gasteiger partial charge in [0.15, 0.2) is 0 Å². The second-order valence-electron chi connectivity index (χ2n) is 4.50. The van der Waals surface area contributed by atoms with Gasteiger partial charge in [-0.05, 0) is 69.8 Å². The number of aromatic hydroxyl groups is 1. The van der Waals surface area contributed by atoms with Crippen LogP contribution < -0.4 is 0 Å². The molecule has 0 heterocycles. The zero-order chi connectivity index (χ0) is 12.5. The summed E-state index contributed by atoms with van der Waals surface area (Å²) in [6.07, 6.45) is 2.12. The highest BCUT2D eigenvalue weighted by Gasteiger charge is 2.18. The summed E-state index contributed by atoms with van der Waals surface area (Å²) in [5.74, 6) is 0.345. The zero-order valence-electron chi connectivity index (χ0n) is 9.86. The van der Waals surface area contributed by atoms with Crippen LogP contribution in [0.3, 0.4) is 0 Å². The molecule has 0 spiro atoms. The third kappa shape index (κ3) is 2.05. The number of allylic oxidation sites excluding steroid dienone is 1. The zero-order valence-corrected chi connectivity index (χ0v) is 12.0. The fourth-order valence-corrected chi connectivity index (χ4v) is 3.51. The number of fused-ring (bicyclic) bond motifs is 1. The van der Waals surface area contributed by atoms with Crippen molar-refractivity contribution in [3.8, 4) is 5.75 Å². The molecule has 18 heavy (non-hydrogen) atoms. The number of hydrogen-bond donors (Lipinski definition) is 1. The first-order chi connectivity index (χ1) is 8.75. The summed E-state index contributed by atoms with van der Waals surface area (Å²) in [5.41, 5.74) is 5.18. The topological polar surface area (TPSA) is 20.2 Å². The van der Waals surface area contributed by atoms with E-state index in [9.17, 15) is 5.11 Å². The van der Waals surface area contributed by atoms with Crippen molar-refractivity contribution >= 4 is 31.7 Å². The lowest BCUT2D eigenvalue weighted by Crippen LogP contribution is -2.01. The molecule has 1 N–H and O–H groups in total. The average molecular weight is 348 g/mol. The Balaban J connectivity index is 2.15. The maximum Gasteiger partial charge on any atom is 0.116 e. The number of benzene rings is 2. The van der Waals surface area contributed by atoms with Crippen molar-refractivity contribution in [1.82, 2.24) is 0 Å². The van der Waals surface area contributed by atoms with Gasteiger partial charge in [0.05, 0.1) is 0 Å². The van der Waals surface area contributed by atoms with Crippen molar-refractivity contribution in [3.05, 3.63) is 65.2 Å². The van der Waals surface area contributed by atoms with Crippen LogP contribution in [-0.4, -0.2) is 5.11 Å². The Morgan fingerprint density at radius 1 is 0.944 bits per heavy atom. The molecule has 0 amide bonds. The molecular weight excluding hydrogens is 335 g/mol. The highest BCUT2D eigenvalue weighted by molar-refractivity contribution is 14.1. The Hall–Kier alpha value is -1.29. The summed E-state index contributed by atoms with van der Waals surface area (Å²) < 4.78 is 1.26. The van der Waals surface area contributed by atoms with Crippen molar-refractivity contribution in [1.29, 1.82) is 0 Å². The minimum atomic E-state index is 0.345. The van der Waals surface area contributed by atoms with Crippen LogP contribution in [0.15, 0.2) is 48.5 Å². The molecule has 3 rings (SSSR count). The minimum absolute atomic E-state index is 0.345. The molecule has 0 fully saturated rings. The Morgan fingerprint density at radius 3 is 2.50 bits per heavy atom. The molecule has 0 aliphatic heterocycles. The molecular formula is C16H13IO. The van der Waals surface area contributed by atoms with Crippen LogP contribution in [-0.2, 0) is 6.42 Å². The molecule has 2 aromatic rings. The van der Waals surface area contributed by atoms with Crippen molar-refractivity contribution in [2.45, 2.75) is 12.8 Å². The molecule has 1 nitrogen and oxygen atoms in total. The summed E-state index contributed by atoms with van der Waals surface area (Å²) in [5, 5.41) is 9.64. The molecule has 1 aliphatic carbocycles. The average Bonchev–Trinajstić information content (AvgIpc) is 2.41. The van der Waals surface area contributed by atoms with E-state index in [0.717, 1.165) is 12.8 Å². The van der Waals surface area contributed by atoms with Crippen LogP contribution in [0, 0.1) is 0 Å². The van der Waals surface area contributed by atoms with Gasteiger partial charge in [0.25, 0.3) is 0 Å². The monoisotopic (exact) mass is 348 g/mol. The largest absolute Gasteiger partial charge is 0.508 e. The second kappa shape index (κ2) is 4.76. The highest BCUT2D eigenvalue weighted by Crippen LogP contribution is 2.41. The van der Waals surface area contributed by atoms with Crippen LogP contribution in [0.1, 0.15) is 23.1 Å². The van der Waals surface area contributed by atoms with Gasteiger partial charge in [0, 0.05) is 3.58 Å². The molecule has 0 atom stereocenters. The molecule has 2 aromatic carbocycles. The van der Waals surface area contributed by atoms with E-state index in [1.54, 1.807) is 6.07 Å². The smallest absolute Gasteiger partial charge is 0.116 e. The van der Waals surface area contributed by atoms with E-state index in [1.807, 2.05) is 18.2 Å². The van der Waals surface area contributed by atoms with Gasteiger partial charge in [0.2, 0.25) is 0 Å². The van der Waals surface area contributed by atoms with Gasteiger partial charge in [0.1, 0.15) is 5.75 Å². The molecule has 0 aromatic heterocycles. The number of phenols is 1. The summed E-state index contributed by atoms with van der Waals surface area (Å²) >= 11 is 2.40. The number of halogens is 1. The van der Waals surface area contributed by atoms with Gasteiger partial charge in [-0.15, -0.1) is 0 Å². The van der Waals surface area contributed by atoms with Gasteiger partial charge < -0.3 is 5.11 Å². The number of rotatable bonds is 1. The van der Waals surface area contributed by atoms with Crippen LogP contribution >= 0.6 is 22.6 Å². The van der Waals surface area contributed by atoms with Crippen molar-refractivity contribution < 1.29 is 5.11 Å². The van der Waals surface area contributed by atoms with Gasteiger partial charge >= 0.3 is 0 Å². The standard InChI is InChI=1S/C16H13IO/c17-16-14(11-4-2-1-3-5-11)9-7-12-6-8-13(18)10-15(12)16/h1-6,8,10,18H,7,9H2. The Morgan fingerprint density at radius 2 is 1.72 bits per heavy atom. The van der Waals surface area contributed by atoms with Crippen LogP contribution in [0.4, 0.5) is 0 Å². The first-order valence-corrected chi connectivity index (χ1v) is 7.10. The van der Waals surface area contributed by atoms with Gasteiger partial charge in [-0.3, -0.25) is 0 Å².